The van der Waals surface area contributed by atoms with Crippen LogP contribution in [0.3, 0.4) is 0 Å². The van der Waals surface area contributed by atoms with Gasteiger partial charge in [0.05, 0.1) is 23.9 Å². The highest BCUT2D eigenvalue weighted by atomic mass is 19.4. The Morgan fingerprint density at radius 1 is 1.12 bits per heavy atom. The number of imide groups is 1. The van der Waals surface area contributed by atoms with E-state index in [0.717, 1.165) is 17.0 Å². The van der Waals surface area contributed by atoms with Crippen LogP contribution in [0.2, 0.25) is 0 Å². The number of nitrogens with one attached hydrogen (secondary N) is 3. The molecule has 3 aromatic rings. The van der Waals surface area contributed by atoms with Crippen molar-refractivity contribution >= 4 is 35.1 Å². The Kier molecular flexibility index (Phi) is 6.32. The lowest BCUT2D eigenvalue weighted by Crippen LogP contribution is -2.30. The topological polar surface area (TPSA) is 119 Å². The van der Waals surface area contributed by atoms with E-state index >= 15 is 0 Å². The fourth-order valence-corrected chi connectivity index (χ4v) is 3.29. The Hall–Kier alpha value is -4.19. The number of aromatic nitrogens is 2. The minimum absolute atomic E-state index is 0.0698. The molecular weight excluding hydrogens is 453 g/mol. The first-order valence-electron chi connectivity index (χ1n) is 10.1. The third kappa shape index (κ3) is 5.23. The monoisotopic (exact) mass is 472 g/mol. The van der Waals surface area contributed by atoms with Crippen molar-refractivity contribution in [1.82, 2.24) is 15.3 Å². The van der Waals surface area contributed by atoms with Gasteiger partial charge >= 0.3 is 12.2 Å². The third-order valence-corrected chi connectivity index (χ3v) is 4.93. The molecule has 0 radical (unpaired) electrons. The zero-order valence-corrected chi connectivity index (χ0v) is 17.5. The van der Waals surface area contributed by atoms with Crippen molar-refractivity contribution in [3.8, 4) is 0 Å². The van der Waals surface area contributed by atoms with Gasteiger partial charge in [-0.2, -0.15) is 18.2 Å². The van der Waals surface area contributed by atoms with E-state index in [1.165, 1.54) is 24.4 Å². The number of carbonyl (C=O) groups excluding carboxylic acids is 2. The molecule has 9 nitrogen and oxygen atoms in total. The number of aliphatic hydroxyl groups excluding tert-OH is 1. The standard InChI is InChI=1S/C22H19F3N6O3/c23-22(24,25)14-4-1-3-13(9-14)17(32)11-27-18-7-8-26-20(30-18)29-15-5-2-6-16(10-15)31-19(33)12-28-21(31)34/h1-10,17,32H,11-12H2,(H,28,34)(H2,26,27,29,30). The van der Waals surface area contributed by atoms with Crippen molar-refractivity contribution in [3.05, 3.63) is 71.9 Å². The molecule has 1 aliphatic rings. The van der Waals surface area contributed by atoms with Gasteiger partial charge in [0.25, 0.3) is 5.91 Å². The number of nitrogens with zero attached hydrogens (tertiary/aromatic N) is 3. The first-order chi connectivity index (χ1) is 16.2. The molecule has 4 rings (SSSR count). The predicted molar refractivity (Wildman–Crippen MR) is 118 cm³/mol. The third-order valence-electron chi connectivity index (χ3n) is 4.93. The molecule has 0 spiro atoms. The Balaban J connectivity index is 1.42. The molecule has 1 fully saturated rings. The van der Waals surface area contributed by atoms with E-state index in [0.29, 0.717) is 17.2 Å². The molecule has 176 valence electrons. The second-order valence-electron chi connectivity index (χ2n) is 7.35. The lowest BCUT2D eigenvalue weighted by molar-refractivity contribution is -0.137. The maximum Gasteiger partial charge on any atom is 0.416 e. The van der Waals surface area contributed by atoms with E-state index in [9.17, 15) is 27.9 Å². The number of anilines is 4. The van der Waals surface area contributed by atoms with Crippen LogP contribution in [0.4, 0.5) is 41.1 Å². The zero-order chi connectivity index (χ0) is 24.3. The molecule has 1 unspecified atom stereocenters. The fourth-order valence-electron chi connectivity index (χ4n) is 3.29. The van der Waals surface area contributed by atoms with Gasteiger partial charge in [0.1, 0.15) is 5.82 Å². The maximum atomic E-state index is 12.9. The van der Waals surface area contributed by atoms with Crippen LogP contribution in [0.1, 0.15) is 17.2 Å². The molecule has 0 aliphatic carbocycles. The highest BCUT2D eigenvalue weighted by Crippen LogP contribution is 2.31. The van der Waals surface area contributed by atoms with E-state index < -0.39 is 23.9 Å². The molecule has 4 N–H and O–H groups in total. The minimum Gasteiger partial charge on any atom is -0.387 e. The number of rotatable bonds is 7. The van der Waals surface area contributed by atoms with Crippen LogP contribution in [0.5, 0.6) is 0 Å². The number of benzene rings is 2. The van der Waals surface area contributed by atoms with Gasteiger partial charge in [-0.1, -0.05) is 18.2 Å². The normalized spacial score (nSPS) is 14.6. The molecule has 1 saturated heterocycles. The number of carbonyl (C=O) groups is 2. The average molecular weight is 472 g/mol. The van der Waals surface area contributed by atoms with Crippen LogP contribution >= 0.6 is 0 Å². The van der Waals surface area contributed by atoms with Crippen LogP contribution in [0.25, 0.3) is 0 Å². The van der Waals surface area contributed by atoms with Crippen LogP contribution in [0, 0.1) is 0 Å². The van der Waals surface area contributed by atoms with Crippen molar-refractivity contribution < 1.29 is 27.9 Å². The summed E-state index contributed by atoms with van der Waals surface area (Å²) in [6, 6.07) is 12.1. The van der Waals surface area contributed by atoms with Crippen molar-refractivity contribution in [2.24, 2.45) is 0 Å². The molecule has 12 heteroatoms. The number of aliphatic hydroxyl groups is 1. The van der Waals surface area contributed by atoms with Gasteiger partial charge in [-0.05, 0) is 42.0 Å². The Bertz CT molecular complexity index is 1200. The molecule has 0 bridgehead atoms. The molecule has 1 aromatic heterocycles. The second kappa shape index (κ2) is 9.35. The smallest absolute Gasteiger partial charge is 0.387 e. The zero-order valence-electron chi connectivity index (χ0n) is 17.5. The SMILES string of the molecule is O=C1CNC(=O)N1c1cccc(Nc2nccc(NCC(O)c3cccc(C(F)(F)F)c3)n2)c1. The molecule has 1 atom stereocenters. The summed E-state index contributed by atoms with van der Waals surface area (Å²) in [6.07, 6.45) is -4.25. The summed E-state index contributed by atoms with van der Waals surface area (Å²) < 4.78 is 38.7. The van der Waals surface area contributed by atoms with Crippen molar-refractivity contribution in [1.29, 1.82) is 0 Å². The number of amides is 3. The molecule has 1 aliphatic heterocycles. The lowest BCUT2D eigenvalue weighted by Gasteiger charge is -2.15. The highest BCUT2D eigenvalue weighted by Gasteiger charge is 2.31. The number of halogens is 3. The van der Waals surface area contributed by atoms with E-state index in [1.807, 2.05) is 0 Å². The number of hydrogen-bond acceptors (Lipinski definition) is 7. The van der Waals surface area contributed by atoms with Gasteiger partial charge in [0.15, 0.2) is 0 Å². The van der Waals surface area contributed by atoms with E-state index in [2.05, 4.69) is 25.9 Å². The molecular formula is C22H19F3N6O3. The van der Waals surface area contributed by atoms with Crippen LogP contribution < -0.4 is 20.9 Å². The largest absolute Gasteiger partial charge is 0.416 e. The number of hydrogen-bond donors (Lipinski definition) is 4. The van der Waals surface area contributed by atoms with Crippen LogP contribution in [0.15, 0.2) is 60.8 Å². The van der Waals surface area contributed by atoms with Crippen molar-refractivity contribution in [3.63, 3.8) is 0 Å². The van der Waals surface area contributed by atoms with Gasteiger partial charge in [-0.25, -0.2) is 14.7 Å². The van der Waals surface area contributed by atoms with E-state index in [1.54, 1.807) is 24.3 Å². The number of alkyl halides is 3. The Labute approximate surface area is 191 Å². The first kappa shape index (κ1) is 23.0. The molecule has 34 heavy (non-hydrogen) atoms. The molecule has 2 heterocycles. The average Bonchev–Trinajstić information content (AvgIpc) is 3.15. The molecule has 0 saturated carbocycles. The van der Waals surface area contributed by atoms with Crippen molar-refractivity contribution in [2.45, 2.75) is 12.3 Å². The summed E-state index contributed by atoms with van der Waals surface area (Å²) in [7, 11) is 0. The van der Waals surface area contributed by atoms with Crippen LogP contribution in [-0.4, -0.2) is 40.1 Å². The molecule has 2 aromatic carbocycles. The van der Waals surface area contributed by atoms with Gasteiger partial charge < -0.3 is 21.1 Å². The van der Waals surface area contributed by atoms with Crippen LogP contribution in [-0.2, 0) is 11.0 Å². The quantitative estimate of drug-likeness (QED) is 0.389. The van der Waals surface area contributed by atoms with E-state index in [4.69, 9.17) is 0 Å². The summed E-state index contributed by atoms with van der Waals surface area (Å²) in [5.41, 5.74) is 0.176. The first-order valence-corrected chi connectivity index (χ1v) is 10.1. The highest BCUT2D eigenvalue weighted by molar-refractivity contribution is 6.19. The predicted octanol–water partition coefficient (Wildman–Crippen LogP) is 3.44. The van der Waals surface area contributed by atoms with Gasteiger partial charge in [-0.3, -0.25) is 4.79 Å². The summed E-state index contributed by atoms with van der Waals surface area (Å²) in [5, 5.41) is 18.6. The summed E-state index contributed by atoms with van der Waals surface area (Å²) in [4.78, 5) is 33.2. The second-order valence-corrected chi connectivity index (χ2v) is 7.35. The van der Waals surface area contributed by atoms with E-state index in [-0.39, 0.29) is 30.5 Å². The Morgan fingerprint density at radius 2 is 1.91 bits per heavy atom. The minimum atomic E-state index is -4.50. The molecule has 3 amide bonds. The Morgan fingerprint density at radius 3 is 2.65 bits per heavy atom. The van der Waals surface area contributed by atoms with Gasteiger partial charge in [-0.15, -0.1) is 0 Å². The van der Waals surface area contributed by atoms with Gasteiger partial charge in [0.2, 0.25) is 5.95 Å². The maximum absolute atomic E-state index is 12.9. The summed E-state index contributed by atoms with van der Waals surface area (Å²) >= 11 is 0. The summed E-state index contributed by atoms with van der Waals surface area (Å²) in [5.74, 6) is 0.144. The number of urea groups is 1. The van der Waals surface area contributed by atoms with Gasteiger partial charge in [0, 0.05) is 18.4 Å². The summed E-state index contributed by atoms with van der Waals surface area (Å²) in [6.45, 7) is -0.154. The fraction of sp³-hybridized carbons (Fsp3) is 0.182. The lowest BCUT2D eigenvalue weighted by atomic mass is 10.1. The van der Waals surface area contributed by atoms with Crippen molar-refractivity contribution in [2.75, 3.05) is 28.6 Å².